The molecule has 0 aromatic carbocycles. The van der Waals surface area contributed by atoms with E-state index in [2.05, 4.69) is 28.7 Å². The van der Waals surface area contributed by atoms with Crippen molar-refractivity contribution in [1.29, 1.82) is 0 Å². The molecule has 1 atom stereocenters. The van der Waals surface area contributed by atoms with E-state index in [4.69, 9.17) is 0 Å². The summed E-state index contributed by atoms with van der Waals surface area (Å²) in [4.78, 5) is 13.7. The zero-order valence-electron chi connectivity index (χ0n) is 10.8. The predicted molar refractivity (Wildman–Crippen MR) is 73.8 cm³/mol. The Morgan fingerprint density at radius 1 is 1.61 bits per heavy atom. The average Bonchev–Trinajstić information content (AvgIpc) is 3.06. The summed E-state index contributed by atoms with van der Waals surface area (Å²) >= 11 is 1.68. The van der Waals surface area contributed by atoms with Crippen LogP contribution in [0, 0.1) is 0 Å². The van der Waals surface area contributed by atoms with E-state index in [1.807, 2.05) is 0 Å². The van der Waals surface area contributed by atoms with Crippen LogP contribution in [0.3, 0.4) is 0 Å². The van der Waals surface area contributed by atoms with Gasteiger partial charge in [-0.25, -0.2) is 0 Å². The fourth-order valence-electron chi connectivity index (χ4n) is 2.32. The smallest absolute Gasteiger partial charge is 0.320 e. The van der Waals surface area contributed by atoms with Crippen LogP contribution < -0.4 is 0 Å². The number of rotatable bonds is 8. The van der Waals surface area contributed by atoms with Crippen LogP contribution in [0.4, 0.5) is 0 Å². The molecule has 1 aromatic heterocycles. The summed E-state index contributed by atoms with van der Waals surface area (Å²) in [6.45, 7) is 2.90. The highest BCUT2D eigenvalue weighted by atomic mass is 32.1. The second kappa shape index (κ2) is 6.34. The van der Waals surface area contributed by atoms with Crippen LogP contribution in [0.5, 0.6) is 0 Å². The maximum Gasteiger partial charge on any atom is 0.320 e. The van der Waals surface area contributed by atoms with E-state index in [-0.39, 0.29) is 6.04 Å². The Labute approximate surface area is 112 Å². The maximum atomic E-state index is 11.5. The van der Waals surface area contributed by atoms with Crippen LogP contribution in [0.1, 0.15) is 44.6 Å². The van der Waals surface area contributed by atoms with Crippen molar-refractivity contribution >= 4 is 17.3 Å². The number of carbonyl (C=O) groups is 1. The number of aliphatic carboxylic acids is 1. The molecule has 4 heteroatoms. The molecule has 1 unspecified atom stereocenters. The Balaban J connectivity index is 2.03. The molecule has 18 heavy (non-hydrogen) atoms. The van der Waals surface area contributed by atoms with Crippen LogP contribution >= 0.6 is 11.3 Å². The van der Waals surface area contributed by atoms with E-state index < -0.39 is 5.97 Å². The van der Waals surface area contributed by atoms with Gasteiger partial charge in [0.05, 0.1) is 0 Å². The van der Waals surface area contributed by atoms with Crippen LogP contribution in [-0.4, -0.2) is 28.1 Å². The molecule has 1 aliphatic rings. The molecular formula is C14H21NO2S. The monoisotopic (exact) mass is 267 g/mol. The van der Waals surface area contributed by atoms with Gasteiger partial charge in [-0.1, -0.05) is 19.8 Å². The zero-order chi connectivity index (χ0) is 13.0. The van der Waals surface area contributed by atoms with Crippen LogP contribution in [0.15, 0.2) is 16.8 Å². The number of thiophene rings is 1. The number of carboxylic acids is 1. The summed E-state index contributed by atoms with van der Waals surface area (Å²) in [6.07, 6.45) is 5.12. The third kappa shape index (κ3) is 3.56. The lowest BCUT2D eigenvalue weighted by molar-refractivity contribution is -0.144. The van der Waals surface area contributed by atoms with E-state index in [0.29, 0.717) is 6.04 Å². The normalized spacial score (nSPS) is 17.0. The fraction of sp³-hybridized carbons (Fsp3) is 0.643. The van der Waals surface area contributed by atoms with Gasteiger partial charge in [-0.2, -0.15) is 11.3 Å². The minimum Gasteiger partial charge on any atom is -0.480 e. The van der Waals surface area contributed by atoms with E-state index in [1.165, 1.54) is 5.56 Å². The quantitative estimate of drug-likeness (QED) is 0.785. The highest BCUT2D eigenvalue weighted by Crippen LogP contribution is 2.32. The summed E-state index contributed by atoms with van der Waals surface area (Å²) in [5, 5.41) is 13.6. The van der Waals surface area contributed by atoms with Crippen LogP contribution in [0.25, 0.3) is 0 Å². The first kappa shape index (κ1) is 13.6. The van der Waals surface area contributed by atoms with E-state index >= 15 is 0 Å². The van der Waals surface area contributed by atoms with E-state index in [9.17, 15) is 9.90 Å². The SMILES string of the molecule is CCCCC(C(=O)O)N(Cc1ccsc1)C1CC1. The predicted octanol–water partition coefficient (Wildman–Crippen LogP) is 3.36. The molecule has 3 nitrogen and oxygen atoms in total. The summed E-state index contributed by atoms with van der Waals surface area (Å²) in [6, 6.07) is 2.28. The van der Waals surface area contributed by atoms with Crippen LogP contribution in [0.2, 0.25) is 0 Å². The lowest BCUT2D eigenvalue weighted by Gasteiger charge is -2.28. The Hall–Kier alpha value is -0.870. The molecule has 0 bridgehead atoms. The van der Waals surface area contributed by atoms with Crippen molar-refractivity contribution in [3.8, 4) is 0 Å². The topological polar surface area (TPSA) is 40.5 Å². The third-order valence-electron chi connectivity index (χ3n) is 3.48. The molecular weight excluding hydrogens is 246 g/mol. The van der Waals surface area contributed by atoms with Crippen molar-refractivity contribution in [1.82, 2.24) is 4.90 Å². The molecule has 0 spiro atoms. The lowest BCUT2D eigenvalue weighted by atomic mass is 10.1. The molecule has 1 N–H and O–H groups in total. The second-order valence-electron chi connectivity index (χ2n) is 5.03. The van der Waals surface area contributed by atoms with Crippen molar-refractivity contribution in [2.75, 3.05) is 0 Å². The number of carboxylic acid groups (broad SMARTS) is 1. The summed E-state index contributed by atoms with van der Waals surface area (Å²) in [5.41, 5.74) is 1.25. The molecule has 1 heterocycles. The highest BCUT2D eigenvalue weighted by Gasteiger charge is 2.36. The van der Waals surface area contributed by atoms with Gasteiger partial charge in [0.25, 0.3) is 0 Å². The van der Waals surface area contributed by atoms with Crippen molar-refractivity contribution in [3.05, 3.63) is 22.4 Å². The molecule has 0 radical (unpaired) electrons. The summed E-state index contributed by atoms with van der Waals surface area (Å²) in [5.74, 6) is -0.662. The number of hydrogen-bond acceptors (Lipinski definition) is 3. The Morgan fingerprint density at radius 3 is 2.89 bits per heavy atom. The Morgan fingerprint density at radius 2 is 2.39 bits per heavy atom. The van der Waals surface area contributed by atoms with E-state index in [1.54, 1.807) is 11.3 Å². The summed E-state index contributed by atoms with van der Waals surface area (Å²) < 4.78 is 0. The third-order valence-corrected chi connectivity index (χ3v) is 4.21. The van der Waals surface area contributed by atoms with Gasteiger partial charge in [0.1, 0.15) is 6.04 Å². The zero-order valence-corrected chi connectivity index (χ0v) is 11.7. The van der Waals surface area contributed by atoms with Crippen molar-refractivity contribution < 1.29 is 9.90 Å². The standard InChI is InChI=1S/C14H21NO2S/c1-2-3-4-13(14(16)17)15(12-5-6-12)9-11-7-8-18-10-11/h7-8,10,12-13H,2-6,9H2,1H3,(H,16,17). The first-order valence-electron chi connectivity index (χ1n) is 6.72. The molecule has 1 saturated carbocycles. The van der Waals surface area contributed by atoms with Gasteiger partial charge in [0.2, 0.25) is 0 Å². The number of hydrogen-bond donors (Lipinski definition) is 1. The fourth-order valence-corrected chi connectivity index (χ4v) is 2.98. The summed E-state index contributed by atoms with van der Waals surface area (Å²) in [7, 11) is 0. The second-order valence-corrected chi connectivity index (χ2v) is 5.81. The maximum absolute atomic E-state index is 11.5. The molecule has 0 amide bonds. The van der Waals surface area contributed by atoms with Gasteiger partial charge in [0, 0.05) is 12.6 Å². The van der Waals surface area contributed by atoms with Crippen molar-refractivity contribution in [2.45, 2.75) is 57.7 Å². The Kier molecular flexibility index (Phi) is 4.78. The van der Waals surface area contributed by atoms with Crippen LogP contribution in [-0.2, 0) is 11.3 Å². The molecule has 0 saturated heterocycles. The number of unbranched alkanes of at least 4 members (excludes halogenated alkanes) is 1. The number of nitrogens with zero attached hydrogens (tertiary/aromatic N) is 1. The molecule has 2 rings (SSSR count). The highest BCUT2D eigenvalue weighted by molar-refractivity contribution is 7.07. The minimum absolute atomic E-state index is 0.308. The Bertz CT molecular complexity index is 373. The molecule has 100 valence electrons. The molecule has 1 fully saturated rings. The molecule has 0 aliphatic heterocycles. The van der Waals surface area contributed by atoms with Crippen molar-refractivity contribution in [3.63, 3.8) is 0 Å². The van der Waals surface area contributed by atoms with Gasteiger partial charge < -0.3 is 5.11 Å². The first-order chi connectivity index (χ1) is 8.72. The van der Waals surface area contributed by atoms with Gasteiger partial charge >= 0.3 is 5.97 Å². The van der Waals surface area contributed by atoms with E-state index in [0.717, 1.165) is 38.6 Å². The molecule has 1 aromatic rings. The van der Waals surface area contributed by atoms with Crippen molar-refractivity contribution in [2.24, 2.45) is 0 Å². The first-order valence-corrected chi connectivity index (χ1v) is 7.66. The lowest BCUT2D eigenvalue weighted by Crippen LogP contribution is -2.42. The van der Waals surface area contributed by atoms with Gasteiger partial charge in [-0.15, -0.1) is 0 Å². The van der Waals surface area contributed by atoms with Gasteiger partial charge in [-0.05, 0) is 41.7 Å². The largest absolute Gasteiger partial charge is 0.480 e. The van der Waals surface area contributed by atoms with Gasteiger partial charge in [0.15, 0.2) is 0 Å². The van der Waals surface area contributed by atoms with Gasteiger partial charge in [-0.3, -0.25) is 9.69 Å². The minimum atomic E-state index is -0.662. The average molecular weight is 267 g/mol. The molecule has 1 aliphatic carbocycles.